The topological polar surface area (TPSA) is 49.3 Å². The van der Waals surface area contributed by atoms with Crippen LogP contribution in [0.4, 0.5) is 5.69 Å². The van der Waals surface area contributed by atoms with Crippen molar-refractivity contribution in [2.75, 3.05) is 5.32 Å². The lowest BCUT2D eigenvalue weighted by molar-refractivity contribution is 0.0697. The number of carboxylic acids is 1. The predicted molar refractivity (Wildman–Crippen MR) is 76.1 cm³/mol. The van der Waals surface area contributed by atoms with Gasteiger partial charge in [-0.3, -0.25) is 0 Å². The van der Waals surface area contributed by atoms with Crippen LogP contribution in [0.5, 0.6) is 0 Å². The molecule has 0 spiro atoms. The van der Waals surface area contributed by atoms with Crippen molar-refractivity contribution >= 4 is 27.6 Å². The standard InChI is InChI=1S/C14H18BrNO2/c1-9-5-2-3-7-11(9)16-12-8-4-6-10(15)13(12)14(17)18/h4,6,8-9,11,16H,2-3,5,7H2,1H3,(H,17,18). The molecule has 4 heteroatoms. The molecule has 0 aliphatic heterocycles. The summed E-state index contributed by atoms with van der Waals surface area (Å²) < 4.78 is 0.628. The zero-order valence-electron chi connectivity index (χ0n) is 10.4. The molecule has 0 amide bonds. The molecule has 1 saturated carbocycles. The predicted octanol–water partition coefficient (Wildman–Crippen LogP) is 4.14. The van der Waals surface area contributed by atoms with Gasteiger partial charge in [0.25, 0.3) is 0 Å². The Morgan fingerprint density at radius 1 is 1.39 bits per heavy atom. The maximum atomic E-state index is 11.3. The molecule has 2 atom stereocenters. The summed E-state index contributed by atoms with van der Waals surface area (Å²) in [7, 11) is 0. The summed E-state index contributed by atoms with van der Waals surface area (Å²) in [6.45, 7) is 2.23. The molecule has 1 aromatic rings. The van der Waals surface area contributed by atoms with E-state index in [1.807, 2.05) is 12.1 Å². The van der Waals surface area contributed by atoms with E-state index in [4.69, 9.17) is 0 Å². The first-order chi connectivity index (χ1) is 8.59. The van der Waals surface area contributed by atoms with Crippen molar-refractivity contribution in [3.05, 3.63) is 28.2 Å². The molecule has 1 fully saturated rings. The monoisotopic (exact) mass is 311 g/mol. The fourth-order valence-electron chi connectivity index (χ4n) is 2.59. The van der Waals surface area contributed by atoms with E-state index in [0.717, 1.165) is 12.1 Å². The zero-order chi connectivity index (χ0) is 13.1. The molecule has 1 aliphatic carbocycles. The van der Waals surface area contributed by atoms with Gasteiger partial charge in [0.2, 0.25) is 0 Å². The largest absolute Gasteiger partial charge is 0.478 e. The lowest BCUT2D eigenvalue weighted by Gasteiger charge is -2.31. The molecule has 2 N–H and O–H groups in total. The van der Waals surface area contributed by atoms with E-state index in [1.165, 1.54) is 19.3 Å². The van der Waals surface area contributed by atoms with Crippen molar-refractivity contribution in [3.8, 4) is 0 Å². The summed E-state index contributed by atoms with van der Waals surface area (Å²) in [4.78, 5) is 11.3. The number of hydrogen-bond donors (Lipinski definition) is 2. The minimum Gasteiger partial charge on any atom is -0.478 e. The maximum Gasteiger partial charge on any atom is 0.338 e. The van der Waals surface area contributed by atoms with Gasteiger partial charge < -0.3 is 10.4 Å². The van der Waals surface area contributed by atoms with Gasteiger partial charge in [-0.05, 0) is 46.8 Å². The first kappa shape index (κ1) is 13.4. The fraction of sp³-hybridized carbons (Fsp3) is 0.500. The van der Waals surface area contributed by atoms with Crippen molar-refractivity contribution in [3.63, 3.8) is 0 Å². The van der Waals surface area contributed by atoms with Gasteiger partial charge >= 0.3 is 5.97 Å². The molecule has 2 rings (SSSR count). The molecule has 0 radical (unpaired) electrons. The van der Waals surface area contributed by atoms with Crippen molar-refractivity contribution < 1.29 is 9.90 Å². The number of halogens is 1. The second-order valence-corrected chi connectivity index (χ2v) is 5.83. The number of rotatable bonds is 3. The van der Waals surface area contributed by atoms with Crippen LogP contribution in [-0.2, 0) is 0 Å². The van der Waals surface area contributed by atoms with Crippen LogP contribution in [0.3, 0.4) is 0 Å². The Morgan fingerprint density at radius 2 is 2.11 bits per heavy atom. The second-order valence-electron chi connectivity index (χ2n) is 4.98. The van der Waals surface area contributed by atoms with Gasteiger partial charge in [-0.25, -0.2) is 4.79 Å². The maximum absolute atomic E-state index is 11.3. The number of carboxylic acid groups (broad SMARTS) is 1. The molecule has 98 valence electrons. The van der Waals surface area contributed by atoms with E-state index < -0.39 is 5.97 Å². The average Bonchev–Trinajstić information content (AvgIpc) is 2.31. The van der Waals surface area contributed by atoms with Crippen LogP contribution in [0.2, 0.25) is 0 Å². The Labute approximate surface area is 116 Å². The molecule has 3 nitrogen and oxygen atoms in total. The first-order valence-electron chi connectivity index (χ1n) is 6.38. The molecule has 1 aliphatic rings. The smallest absolute Gasteiger partial charge is 0.338 e. The molecule has 2 unspecified atom stereocenters. The minimum atomic E-state index is -0.895. The number of nitrogens with one attached hydrogen (secondary N) is 1. The van der Waals surface area contributed by atoms with E-state index >= 15 is 0 Å². The van der Waals surface area contributed by atoms with Crippen molar-refractivity contribution in [1.29, 1.82) is 0 Å². The highest BCUT2D eigenvalue weighted by Gasteiger charge is 2.23. The summed E-state index contributed by atoms with van der Waals surface area (Å²) in [6.07, 6.45) is 4.84. The van der Waals surface area contributed by atoms with Gasteiger partial charge in [0.1, 0.15) is 0 Å². The first-order valence-corrected chi connectivity index (χ1v) is 7.17. The highest BCUT2D eigenvalue weighted by molar-refractivity contribution is 9.10. The summed E-state index contributed by atoms with van der Waals surface area (Å²) in [5.74, 6) is -0.298. The molecular formula is C14H18BrNO2. The van der Waals surface area contributed by atoms with E-state index in [1.54, 1.807) is 6.07 Å². The summed E-state index contributed by atoms with van der Waals surface area (Å²) >= 11 is 3.31. The second kappa shape index (κ2) is 5.74. The third-order valence-electron chi connectivity index (χ3n) is 3.68. The lowest BCUT2D eigenvalue weighted by Crippen LogP contribution is -2.31. The molecule has 0 saturated heterocycles. The van der Waals surface area contributed by atoms with Gasteiger partial charge in [0, 0.05) is 10.5 Å². The number of anilines is 1. The molecule has 0 heterocycles. The Morgan fingerprint density at radius 3 is 2.78 bits per heavy atom. The van der Waals surface area contributed by atoms with E-state index in [2.05, 4.69) is 28.2 Å². The van der Waals surface area contributed by atoms with Crippen LogP contribution in [0.1, 0.15) is 43.0 Å². The number of carbonyl (C=O) groups is 1. The van der Waals surface area contributed by atoms with Crippen molar-refractivity contribution in [1.82, 2.24) is 0 Å². The minimum absolute atomic E-state index is 0.329. The SMILES string of the molecule is CC1CCCCC1Nc1cccc(Br)c1C(=O)O. The highest BCUT2D eigenvalue weighted by Crippen LogP contribution is 2.30. The average molecular weight is 312 g/mol. The number of benzene rings is 1. The number of hydrogen-bond acceptors (Lipinski definition) is 2. The van der Waals surface area contributed by atoms with Crippen LogP contribution in [0.15, 0.2) is 22.7 Å². The van der Waals surface area contributed by atoms with Gasteiger partial charge in [-0.1, -0.05) is 25.8 Å². The molecular weight excluding hydrogens is 294 g/mol. The van der Waals surface area contributed by atoms with E-state index in [9.17, 15) is 9.90 Å². The normalized spacial score (nSPS) is 23.7. The summed E-state index contributed by atoms with van der Waals surface area (Å²) in [5.41, 5.74) is 1.05. The van der Waals surface area contributed by atoms with Crippen LogP contribution in [0.25, 0.3) is 0 Å². The van der Waals surface area contributed by atoms with Crippen LogP contribution >= 0.6 is 15.9 Å². The van der Waals surface area contributed by atoms with E-state index in [0.29, 0.717) is 22.0 Å². The van der Waals surface area contributed by atoms with Crippen LogP contribution < -0.4 is 5.32 Å². The Balaban J connectivity index is 2.23. The van der Waals surface area contributed by atoms with Crippen molar-refractivity contribution in [2.24, 2.45) is 5.92 Å². The summed E-state index contributed by atoms with van der Waals surface area (Å²) in [5, 5.41) is 12.7. The zero-order valence-corrected chi connectivity index (χ0v) is 12.0. The van der Waals surface area contributed by atoms with Gasteiger partial charge in [0.05, 0.1) is 11.3 Å². The van der Waals surface area contributed by atoms with Crippen molar-refractivity contribution in [2.45, 2.75) is 38.6 Å². The van der Waals surface area contributed by atoms with Crippen LogP contribution in [0, 0.1) is 5.92 Å². The quantitative estimate of drug-likeness (QED) is 0.882. The van der Waals surface area contributed by atoms with Gasteiger partial charge in [-0.2, -0.15) is 0 Å². The molecule has 0 bridgehead atoms. The fourth-order valence-corrected chi connectivity index (χ4v) is 3.13. The Hall–Kier alpha value is -1.03. The molecule has 18 heavy (non-hydrogen) atoms. The number of aromatic carboxylic acids is 1. The highest BCUT2D eigenvalue weighted by atomic mass is 79.9. The Kier molecular flexibility index (Phi) is 4.27. The molecule has 1 aromatic carbocycles. The van der Waals surface area contributed by atoms with E-state index in [-0.39, 0.29) is 0 Å². The lowest BCUT2D eigenvalue weighted by atomic mass is 9.85. The van der Waals surface area contributed by atoms with Gasteiger partial charge in [0.15, 0.2) is 0 Å². The van der Waals surface area contributed by atoms with Gasteiger partial charge in [-0.15, -0.1) is 0 Å². The van der Waals surface area contributed by atoms with Crippen LogP contribution in [-0.4, -0.2) is 17.1 Å². The third-order valence-corrected chi connectivity index (χ3v) is 4.34. The third kappa shape index (κ3) is 2.86. The Bertz CT molecular complexity index is 447. The summed E-state index contributed by atoms with van der Waals surface area (Å²) in [6, 6.07) is 5.85. The molecule has 0 aromatic heterocycles.